The van der Waals surface area contributed by atoms with Crippen LogP contribution in [0.3, 0.4) is 0 Å². The molecule has 1 aliphatic heterocycles. The Hall–Kier alpha value is -3.25. The predicted molar refractivity (Wildman–Crippen MR) is 129 cm³/mol. The second-order valence-electron chi connectivity index (χ2n) is 7.69. The topological polar surface area (TPSA) is 55.8 Å². The van der Waals surface area contributed by atoms with Crippen LogP contribution < -0.4 is 9.47 Å². The summed E-state index contributed by atoms with van der Waals surface area (Å²) in [5.41, 5.74) is 1.84. The lowest BCUT2D eigenvalue weighted by Gasteiger charge is -2.19. The Morgan fingerprint density at radius 1 is 1.00 bits per heavy atom. The first kappa shape index (κ1) is 22.0. The third-order valence-electron chi connectivity index (χ3n) is 5.55. The van der Waals surface area contributed by atoms with Gasteiger partial charge in [-0.2, -0.15) is 0 Å². The van der Waals surface area contributed by atoms with Crippen molar-refractivity contribution in [3.8, 4) is 11.5 Å². The maximum atomic E-state index is 12.7. The lowest BCUT2D eigenvalue weighted by Crippen LogP contribution is -2.36. The first-order valence-electron chi connectivity index (χ1n) is 10.6. The number of rotatable bonds is 7. The molecule has 0 unspecified atom stereocenters. The van der Waals surface area contributed by atoms with Gasteiger partial charge in [0.25, 0.3) is 11.1 Å². The zero-order valence-corrected chi connectivity index (χ0v) is 19.1. The Kier molecular flexibility index (Phi) is 6.51. The monoisotopic (exact) mass is 447 g/mol. The molecule has 2 amide bonds. The first-order chi connectivity index (χ1) is 15.5. The molecule has 0 N–H and O–H groups in total. The van der Waals surface area contributed by atoms with Gasteiger partial charge in [0.15, 0.2) is 11.5 Å². The van der Waals surface area contributed by atoms with Gasteiger partial charge >= 0.3 is 0 Å². The van der Waals surface area contributed by atoms with Crippen LogP contribution in [-0.4, -0.2) is 29.2 Å². The minimum atomic E-state index is -0.245. The summed E-state index contributed by atoms with van der Waals surface area (Å²) in [5, 5.41) is 2.14. The number of hydrogen-bond donors (Lipinski definition) is 0. The van der Waals surface area contributed by atoms with Crippen molar-refractivity contribution >= 4 is 39.8 Å². The van der Waals surface area contributed by atoms with E-state index < -0.39 is 0 Å². The van der Waals surface area contributed by atoms with Crippen LogP contribution in [0.25, 0.3) is 16.8 Å². The lowest BCUT2D eigenvalue weighted by molar-refractivity contribution is -0.124. The van der Waals surface area contributed by atoms with E-state index in [-0.39, 0.29) is 17.2 Å². The summed E-state index contributed by atoms with van der Waals surface area (Å²) in [6, 6.07) is 19.8. The minimum Gasteiger partial charge on any atom is -0.493 e. The highest BCUT2D eigenvalue weighted by atomic mass is 32.2. The number of nitrogens with zero attached hydrogens (tertiary/aromatic N) is 1. The van der Waals surface area contributed by atoms with E-state index in [1.807, 2.05) is 44.2 Å². The SMILES string of the molecule is CC[C@@H](C)N1C(=O)S/C(=C/c2ccc(OCc3ccc4ccccc4c3)c(OC)c2)C1=O. The second-order valence-corrected chi connectivity index (χ2v) is 8.68. The van der Waals surface area contributed by atoms with Crippen LogP contribution in [0.4, 0.5) is 4.79 Å². The van der Waals surface area contributed by atoms with Crippen molar-refractivity contribution in [1.29, 1.82) is 0 Å². The van der Waals surface area contributed by atoms with E-state index in [9.17, 15) is 9.59 Å². The molecule has 0 bridgehead atoms. The highest BCUT2D eigenvalue weighted by molar-refractivity contribution is 8.18. The first-order valence-corrected chi connectivity index (χ1v) is 11.4. The van der Waals surface area contributed by atoms with Crippen molar-refractivity contribution in [2.24, 2.45) is 0 Å². The van der Waals surface area contributed by atoms with E-state index in [0.717, 1.165) is 29.3 Å². The number of carbonyl (C=O) groups excluding carboxylic acids is 2. The number of benzene rings is 3. The number of hydrogen-bond acceptors (Lipinski definition) is 5. The Labute approximate surface area is 192 Å². The molecule has 0 aromatic heterocycles. The Balaban J connectivity index is 1.51. The van der Waals surface area contributed by atoms with Crippen molar-refractivity contribution in [1.82, 2.24) is 4.90 Å². The van der Waals surface area contributed by atoms with E-state index in [2.05, 4.69) is 30.3 Å². The van der Waals surface area contributed by atoms with Crippen LogP contribution in [-0.2, 0) is 11.4 Å². The van der Waals surface area contributed by atoms with Gasteiger partial charge in [-0.3, -0.25) is 14.5 Å². The molecule has 4 rings (SSSR count). The summed E-state index contributed by atoms with van der Waals surface area (Å²) in [5.74, 6) is 0.941. The van der Waals surface area contributed by atoms with E-state index in [1.54, 1.807) is 13.2 Å². The summed E-state index contributed by atoms with van der Waals surface area (Å²) in [7, 11) is 1.58. The van der Waals surface area contributed by atoms with Crippen LogP contribution in [0, 0.1) is 0 Å². The second kappa shape index (κ2) is 9.49. The van der Waals surface area contributed by atoms with Gasteiger partial charge in [-0.15, -0.1) is 0 Å². The number of methoxy groups -OCH3 is 1. The van der Waals surface area contributed by atoms with Crippen molar-refractivity contribution in [2.75, 3.05) is 7.11 Å². The highest BCUT2D eigenvalue weighted by Crippen LogP contribution is 2.36. The molecule has 0 spiro atoms. The molecule has 1 saturated heterocycles. The summed E-state index contributed by atoms with van der Waals surface area (Å²) < 4.78 is 11.5. The van der Waals surface area contributed by atoms with Crippen LogP contribution in [0.1, 0.15) is 31.4 Å². The number of thioether (sulfide) groups is 1. The van der Waals surface area contributed by atoms with E-state index in [4.69, 9.17) is 9.47 Å². The molecule has 0 aliphatic carbocycles. The molecule has 0 radical (unpaired) electrons. The van der Waals surface area contributed by atoms with Gasteiger partial charge in [-0.1, -0.05) is 49.4 Å². The van der Waals surface area contributed by atoms with Crippen molar-refractivity contribution < 1.29 is 19.1 Å². The minimum absolute atomic E-state index is 0.117. The number of fused-ring (bicyclic) bond motifs is 1. The van der Waals surface area contributed by atoms with E-state index in [0.29, 0.717) is 23.0 Å². The fourth-order valence-electron chi connectivity index (χ4n) is 3.58. The fourth-order valence-corrected chi connectivity index (χ4v) is 4.51. The molecule has 1 fully saturated rings. The molecule has 1 aliphatic rings. The molecule has 6 heteroatoms. The fraction of sp³-hybridized carbons (Fsp3) is 0.231. The Bertz CT molecular complexity index is 1200. The zero-order chi connectivity index (χ0) is 22.7. The molecule has 164 valence electrons. The van der Waals surface area contributed by atoms with Crippen LogP contribution in [0.5, 0.6) is 11.5 Å². The van der Waals surface area contributed by atoms with Gasteiger partial charge in [0.05, 0.1) is 12.0 Å². The van der Waals surface area contributed by atoms with Gasteiger partial charge < -0.3 is 9.47 Å². The van der Waals surface area contributed by atoms with Crippen LogP contribution in [0.2, 0.25) is 0 Å². The quantitative estimate of drug-likeness (QED) is 0.400. The van der Waals surface area contributed by atoms with Crippen LogP contribution >= 0.6 is 11.8 Å². The van der Waals surface area contributed by atoms with Crippen molar-refractivity contribution in [3.63, 3.8) is 0 Å². The summed E-state index contributed by atoms with van der Waals surface area (Å²) >= 11 is 0.973. The Morgan fingerprint density at radius 2 is 1.78 bits per heavy atom. The molecular weight excluding hydrogens is 422 g/mol. The molecule has 5 nitrogen and oxygen atoms in total. The van der Waals surface area contributed by atoms with Gasteiger partial charge in [-0.25, -0.2) is 0 Å². The zero-order valence-electron chi connectivity index (χ0n) is 18.3. The third kappa shape index (κ3) is 4.50. The van der Waals surface area contributed by atoms with Gasteiger partial charge in [0.2, 0.25) is 0 Å². The third-order valence-corrected chi connectivity index (χ3v) is 6.43. The van der Waals surface area contributed by atoms with Gasteiger partial charge in [0, 0.05) is 6.04 Å². The molecule has 1 heterocycles. The molecule has 3 aromatic rings. The average Bonchev–Trinajstić information content (AvgIpc) is 3.09. The van der Waals surface area contributed by atoms with Crippen molar-refractivity contribution in [2.45, 2.75) is 32.9 Å². The predicted octanol–water partition coefficient (Wildman–Crippen LogP) is 6.26. The smallest absolute Gasteiger partial charge is 0.293 e. The average molecular weight is 448 g/mol. The summed E-state index contributed by atoms with van der Waals surface area (Å²) in [4.78, 5) is 26.6. The molecule has 0 saturated carbocycles. The highest BCUT2D eigenvalue weighted by Gasteiger charge is 2.37. The molecule has 1 atom stereocenters. The standard InChI is InChI=1S/C26H25NO4S/c1-4-17(2)27-25(28)24(32-26(27)29)15-18-10-12-22(23(14-18)30-3)31-16-19-9-11-20-7-5-6-8-21(20)13-19/h5-15,17H,4,16H2,1-3H3/b24-15+/t17-/m1/s1. The molecule has 3 aromatic carbocycles. The maximum Gasteiger partial charge on any atom is 0.293 e. The maximum absolute atomic E-state index is 12.7. The van der Waals surface area contributed by atoms with Crippen LogP contribution in [0.15, 0.2) is 65.6 Å². The number of imide groups is 1. The number of carbonyl (C=O) groups is 2. The van der Waals surface area contributed by atoms with E-state index >= 15 is 0 Å². The molecule has 32 heavy (non-hydrogen) atoms. The van der Waals surface area contributed by atoms with E-state index in [1.165, 1.54) is 15.7 Å². The lowest BCUT2D eigenvalue weighted by atomic mass is 10.1. The normalized spacial score (nSPS) is 16.1. The summed E-state index contributed by atoms with van der Waals surface area (Å²) in [6.07, 6.45) is 2.45. The largest absolute Gasteiger partial charge is 0.493 e. The van der Waals surface area contributed by atoms with Crippen molar-refractivity contribution in [3.05, 3.63) is 76.7 Å². The number of ether oxygens (including phenoxy) is 2. The number of amides is 2. The summed E-state index contributed by atoms with van der Waals surface area (Å²) in [6.45, 7) is 4.25. The van der Waals surface area contributed by atoms with Gasteiger partial charge in [-0.05, 0) is 71.3 Å². The van der Waals surface area contributed by atoms with Gasteiger partial charge in [0.1, 0.15) is 6.61 Å². The Morgan fingerprint density at radius 3 is 2.53 bits per heavy atom. The molecular formula is C26H25NO4S.